The van der Waals surface area contributed by atoms with Crippen LogP contribution in [0, 0.1) is 24.6 Å². The smallest absolute Gasteiger partial charge is 0.263 e. The lowest BCUT2D eigenvalue weighted by atomic mass is 10.2. The van der Waals surface area contributed by atoms with Crippen LogP contribution in [-0.2, 0) is 10.0 Å². The van der Waals surface area contributed by atoms with Crippen LogP contribution in [-0.4, -0.2) is 25.1 Å². The third kappa shape index (κ3) is 3.78. The second-order valence-electron chi connectivity index (χ2n) is 4.00. The molecule has 1 aromatic carbocycles. The predicted octanol–water partition coefficient (Wildman–Crippen LogP) is 1.74. The predicted molar refractivity (Wildman–Crippen MR) is 78.0 cm³/mol. The number of rotatable bonds is 3. The van der Waals surface area contributed by atoms with Crippen LogP contribution < -0.4 is 4.72 Å². The molecule has 0 aliphatic rings. The first-order valence-electron chi connectivity index (χ1n) is 5.76. The molecule has 0 fully saturated rings. The van der Waals surface area contributed by atoms with Crippen molar-refractivity contribution in [1.82, 2.24) is 4.98 Å². The zero-order chi connectivity index (χ0) is 15.5. The number of halogens is 1. The molecule has 0 aliphatic carbocycles. The Morgan fingerprint density at radius 2 is 2.24 bits per heavy atom. The lowest BCUT2D eigenvalue weighted by Crippen LogP contribution is -2.13. The maximum Gasteiger partial charge on any atom is 0.263 e. The van der Waals surface area contributed by atoms with E-state index in [9.17, 15) is 12.8 Å². The van der Waals surface area contributed by atoms with Crippen LogP contribution in [0.2, 0.25) is 0 Å². The summed E-state index contributed by atoms with van der Waals surface area (Å²) in [4.78, 5) is 3.77. The van der Waals surface area contributed by atoms with Crippen LogP contribution in [0.3, 0.4) is 0 Å². The number of aliphatic hydroxyl groups is 1. The zero-order valence-corrected chi connectivity index (χ0v) is 12.6. The average molecular weight is 326 g/mol. The minimum absolute atomic E-state index is 0.0214. The van der Waals surface area contributed by atoms with E-state index < -0.39 is 22.4 Å². The van der Waals surface area contributed by atoms with Crippen molar-refractivity contribution >= 4 is 26.5 Å². The molecule has 0 bridgehead atoms. The number of anilines is 1. The third-order valence-corrected chi connectivity index (χ3v) is 4.74. The molecule has 0 spiro atoms. The fourth-order valence-corrected chi connectivity index (χ4v) is 3.43. The van der Waals surface area contributed by atoms with Crippen molar-refractivity contribution < 1.29 is 17.9 Å². The molecule has 0 unspecified atom stereocenters. The number of aromatic nitrogens is 1. The Bertz CT molecular complexity index is 819. The van der Waals surface area contributed by atoms with E-state index in [1.807, 2.05) is 0 Å². The standard InChI is InChI=1S/C13H11FN2O3S2/c1-9-8-20-13(15-9)16-21(18,19)11-5-4-10(3-2-6-17)12(14)7-11/h4-5,7-8,17H,6H2,1H3,(H,15,16). The molecule has 5 nitrogen and oxygen atoms in total. The van der Waals surface area contributed by atoms with E-state index in [1.165, 1.54) is 12.1 Å². The summed E-state index contributed by atoms with van der Waals surface area (Å²) in [5, 5.41) is 10.5. The monoisotopic (exact) mass is 326 g/mol. The molecule has 8 heteroatoms. The van der Waals surface area contributed by atoms with Crippen LogP contribution in [0.4, 0.5) is 9.52 Å². The Kier molecular flexibility index (Phi) is 4.57. The molecule has 1 heterocycles. The number of aliphatic hydroxyl groups excluding tert-OH is 1. The summed E-state index contributed by atoms with van der Waals surface area (Å²) in [6, 6.07) is 3.37. The minimum atomic E-state index is -3.90. The molecule has 2 rings (SSSR count). The maximum absolute atomic E-state index is 13.8. The van der Waals surface area contributed by atoms with Gasteiger partial charge in [0.15, 0.2) is 5.13 Å². The fourth-order valence-electron chi connectivity index (χ4n) is 1.47. The maximum atomic E-state index is 13.8. The van der Waals surface area contributed by atoms with E-state index in [0.717, 1.165) is 17.4 Å². The van der Waals surface area contributed by atoms with Gasteiger partial charge in [0.05, 0.1) is 16.2 Å². The van der Waals surface area contributed by atoms with E-state index in [-0.39, 0.29) is 15.6 Å². The Morgan fingerprint density at radius 1 is 1.48 bits per heavy atom. The molecule has 0 saturated heterocycles. The van der Waals surface area contributed by atoms with Crippen molar-refractivity contribution in [2.24, 2.45) is 0 Å². The average Bonchev–Trinajstić information content (AvgIpc) is 2.82. The molecule has 0 atom stereocenters. The van der Waals surface area contributed by atoms with Gasteiger partial charge >= 0.3 is 0 Å². The first kappa shape index (κ1) is 15.4. The summed E-state index contributed by atoms with van der Waals surface area (Å²) in [5.74, 6) is 3.92. The summed E-state index contributed by atoms with van der Waals surface area (Å²) < 4.78 is 40.2. The highest BCUT2D eigenvalue weighted by Gasteiger charge is 2.17. The van der Waals surface area contributed by atoms with Crippen molar-refractivity contribution in [3.8, 4) is 11.8 Å². The molecule has 1 aromatic heterocycles. The van der Waals surface area contributed by atoms with E-state index >= 15 is 0 Å². The summed E-state index contributed by atoms with van der Waals surface area (Å²) in [5.41, 5.74) is 0.714. The Morgan fingerprint density at radius 3 is 2.81 bits per heavy atom. The van der Waals surface area contributed by atoms with Crippen molar-refractivity contribution in [2.75, 3.05) is 11.3 Å². The lowest BCUT2D eigenvalue weighted by molar-refractivity contribution is 0.350. The van der Waals surface area contributed by atoms with Gasteiger partial charge in [0.25, 0.3) is 10.0 Å². The molecule has 0 amide bonds. The van der Waals surface area contributed by atoms with E-state index in [4.69, 9.17) is 5.11 Å². The normalized spacial score (nSPS) is 10.8. The Hall–Kier alpha value is -1.95. The first-order valence-corrected chi connectivity index (χ1v) is 8.13. The van der Waals surface area contributed by atoms with Crippen LogP contribution >= 0.6 is 11.3 Å². The van der Waals surface area contributed by atoms with Gasteiger partial charge in [-0.15, -0.1) is 11.3 Å². The van der Waals surface area contributed by atoms with Gasteiger partial charge in [0.1, 0.15) is 12.4 Å². The number of hydrogen-bond acceptors (Lipinski definition) is 5. The molecule has 21 heavy (non-hydrogen) atoms. The number of aryl methyl sites for hydroxylation is 1. The molecule has 110 valence electrons. The SMILES string of the molecule is Cc1csc(NS(=O)(=O)c2ccc(C#CCO)c(F)c2)n1. The summed E-state index contributed by atoms with van der Waals surface area (Å²) in [6.45, 7) is 1.34. The van der Waals surface area contributed by atoms with Crippen molar-refractivity contribution in [2.45, 2.75) is 11.8 Å². The van der Waals surface area contributed by atoms with Crippen molar-refractivity contribution in [3.05, 3.63) is 40.7 Å². The van der Waals surface area contributed by atoms with Gasteiger partial charge < -0.3 is 5.11 Å². The highest BCUT2D eigenvalue weighted by Crippen LogP contribution is 2.21. The number of nitrogens with zero attached hydrogens (tertiary/aromatic N) is 1. The second-order valence-corrected chi connectivity index (χ2v) is 6.54. The summed E-state index contributed by atoms with van der Waals surface area (Å²) in [6.07, 6.45) is 0. The first-order chi connectivity index (χ1) is 9.92. The molecule has 0 saturated carbocycles. The number of nitrogens with one attached hydrogen (secondary N) is 1. The lowest BCUT2D eigenvalue weighted by Gasteiger charge is -2.05. The highest BCUT2D eigenvalue weighted by molar-refractivity contribution is 7.93. The number of hydrogen-bond donors (Lipinski definition) is 2. The Labute approximate surface area is 125 Å². The Balaban J connectivity index is 2.30. The molecule has 0 aliphatic heterocycles. The minimum Gasteiger partial charge on any atom is -0.384 e. The van der Waals surface area contributed by atoms with Gasteiger partial charge in [-0.05, 0) is 25.1 Å². The zero-order valence-electron chi connectivity index (χ0n) is 10.9. The quantitative estimate of drug-likeness (QED) is 0.842. The van der Waals surface area contributed by atoms with Crippen LogP contribution in [0.1, 0.15) is 11.3 Å². The van der Waals surface area contributed by atoms with Crippen LogP contribution in [0.15, 0.2) is 28.5 Å². The fraction of sp³-hybridized carbons (Fsp3) is 0.154. The topological polar surface area (TPSA) is 79.3 Å². The van der Waals surface area contributed by atoms with Gasteiger partial charge in [-0.25, -0.2) is 17.8 Å². The van der Waals surface area contributed by atoms with Gasteiger partial charge in [0, 0.05) is 5.38 Å². The number of benzene rings is 1. The third-order valence-electron chi connectivity index (χ3n) is 2.39. The summed E-state index contributed by atoms with van der Waals surface area (Å²) in [7, 11) is -3.90. The molecular weight excluding hydrogens is 315 g/mol. The van der Waals surface area contributed by atoms with Gasteiger partial charge in [-0.3, -0.25) is 4.72 Å². The molecule has 2 aromatic rings. The molecule has 0 radical (unpaired) electrons. The van der Waals surface area contributed by atoms with Crippen LogP contribution in [0.25, 0.3) is 0 Å². The number of sulfonamides is 1. The van der Waals surface area contributed by atoms with Crippen LogP contribution in [0.5, 0.6) is 0 Å². The van der Waals surface area contributed by atoms with Crippen molar-refractivity contribution in [3.63, 3.8) is 0 Å². The van der Waals surface area contributed by atoms with E-state index in [0.29, 0.717) is 5.69 Å². The molecular formula is C13H11FN2O3S2. The largest absolute Gasteiger partial charge is 0.384 e. The van der Waals surface area contributed by atoms with Crippen molar-refractivity contribution in [1.29, 1.82) is 0 Å². The molecule has 2 N–H and O–H groups in total. The van der Waals surface area contributed by atoms with Gasteiger partial charge in [-0.1, -0.05) is 11.8 Å². The second kappa shape index (κ2) is 6.22. The van der Waals surface area contributed by atoms with E-state index in [1.54, 1.807) is 12.3 Å². The van der Waals surface area contributed by atoms with Gasteiger partial charge in [-0.2, -0.15) is 0 Å². The summed E-state index contributed by atoms with van der Waals surface area (Å²) >= 11 is 1.14. The highest BCUT2D eigenvalue weighted by atomic mass is 32.2. The number of thiazole rings is 1. The van der Waals surface area contributed by atoms with E-state index in [2.05, 4.69) is 21.5 Å². The van der Waals surface area contributed by atoms with Gasteiger partial charge in [0.2, 0.25) is 0 Å².